The molecule has 1 aliphatic heterocycles. The van der Waals surface area contributed by atoms with Crippen molar-refractivity contribution < 1.29 is 9.32 Å². The first-order valence-electron chi connectivity index (χ1n) is 8.84. The molecule has 3 aromatic rings. The Morgan fingerprint density at radius 1 is 1.00 bits per heavy atom. The van der Waals surface area contributed by atoms with Crippen LogP contribution < -0.4 is 0 Å². The van der Waals surface area contributed by atoms with Gasteiger partial charge in [0.05, 0.1) is 6.54 Å². The molecule has 0 N–H and O–H groups in total. The summed E-state index contributed by atoms with van der Waals surface area (Å²) in [4.78, 5) is 21.1. The number of carbonyl (C=O) groups excluding carboxylic acids is 1. The maximum Gasteiger partial charge on any atom is 0.253 e. The smallest absolute Gasteiger partial charge is 0.253 e. The fourth-order valence-corrected chi connectivity index (χ4v) is 3.22. The van der Waals surface area contributed by atoms with E-state index in [0.29, 0.717) is 36.4 Å². The third kappa shape index (κ3) is 4.18. The van der Waals surface area contributed by atoms with Gasteiger partial charge in [0.15, 0.2) is 0 Å². The third-order valence-corrected chi connectivity index (χ3v) is 4.86. The van der Waals surface area contributed by atoms with Crippen molar-refractivity contribution in [1.82, 2.24) is 19.9 Å². The quantitative estimate of drug-likeness (QED) is 0.692. The number of piperazine rings is 1. The molecule has 0 atom stereocenters. The van der Waals surface area contributed by atoms with E-state index < -0.39 is 0 Å². The molecule has 0 bridgehead atoms. The van der Waals surface area contributed by atoms with Gasteiger partial charge in [0.1, 0.15) is 0 Å². The Labute approximate surface area is 162 Å². The number of rotatable bonds is 4. The summed E-state index contributed by atoms with van der Waals surface area (Å²) in [7, 11) is 0. The number of benzene rings is 2. The molecular formula is C20H19ClN4O2. The second kappa shape index (κ2) is 7.90. The first kappa shape index (κ1) is 17.7. The molecule has 4 rings (SSSR count). The molecule has 1 fully saturated rings. The highest BCUT2D eigenvalue weighted by Gasteiger charge is 2.23. The lowest BCUT2D eigenvalue weighted by atomic mass is 10.2. The van der Waals surface area contributed by atoms with Gasteiger partial charge in [0.25, 0.3) is 5.91 Å². The van der Waals surface area contributed by atoms with Crippen molar-refractivity contribution in [2.75, 3.05) is 26.2 Å². The molecule has 138 valence electrons. The van der Waals surface area contributed by atoms with Gasteiger partial charge in [-0.1, -0.05) is 35.0 Å². The van der Waals surface area contributed by atoms with E-state index in [1.54, 1.807) is 12.1 Å². The van der Waals surface area contributed by atoms with E-state index in [9.17, 15) is 4.79 Å². The van der Waals surface area contributed by atoms with E-state index in [1.807, 2.05) is 47.4 Å². The molecule has 0 unspecified atom stereocenters. The van der Waals surface area contributed by atoms with Gasteiger partial charge in [0.2, 0.25) is 11.7 Å². The number of hydrogen-bond acceptors (Lipinski definition) is 5. The van der Waals surface area contributed by atoms with Crippen molar-refractivity contribution in [3.8, 4) is 11.4 Å². The molecule has 2 heterocycles. The van der Waals surface area contributed by atoms with Gasteiger partial charge in [-0.05, 0) is 36.4 Å². The monoisotopic (exact) mass is 382 g/mol. The first-order valence-corrected chi connectivity index (χ1v) is 9.22. The number of hydrogen-bond donors (Lipinski definition) is 0. The van der Waals surface area contributed by atoms with E-state index >= 15 is 0 Å². The maximum absolute atomic E-state index is 12.5. The summed E-state index contributed by atoms with van der Waals surface area (Å²) in [5, 5.41) is 4.72. The second-order valence-electron chi connectivity index (χ2n) is 6.45. The zero-order valence-corrected chi connectivity index (χ0v) is 15.5. The molecule has 7 heteroatoms. The van der Waals surface area contributed by atoms with Gasteiger partial charge >= 0.3 is 0 Å². The molecule has 0 radical (unpaired) electrons. The zero-order chi connectivity index (χ0) is 18.6. The fourth-order valence-electron chi connectivity index (χ4n) is 3.10. The largest absolute Gasteiger partial charge is 0.338 e. The highest BCUT2D eigenvalue weighted by molar-refractivity contribution is 6.30. The highest BCUT2D eigenvalue weighted by Crippen LogP contribution is 2.19. The van der Waals surface area contributed by atoms with E-state index in [4.69, 9.17) is 16.1 Å². The number of aromatic nitrogens is 2. The molecule has 2 aromatic carbocycles. The van der Waals surface area contributed by atoms with Gasteiger partial charge < -0.3 is 9.42 Å². The van der Waals surface area contributed by atoms with Gasteiger partial charge in [-0.3, -0.25) is 9.69 Å². The van der Waals surface area contributed by atoms with Crippen LogP contribution in [0.15, 0.2) is 59.1 Å². The molecule has 6 nitrogen and oxygen atoms in total. The van der Waals surface area contributed by atoms with E-state index in [1.165, 1.54) is 0 Å². The van der Waals surface area contributed by atoms with Crippen molar-refractivity contribution in [3.05, 3.63) is 71.1 Å². The molecule has 1 amide bonds. The van der Waals surface area contributed by atoms with Crippen molar-refractivity contribution in [1.29, 1.82) is 0 Å². The van der Waals surface area contributed by atoms with Crippen molar-refractivity contribution in [2.24, 2.45) is 0 Å². The van der Waals surface area contributed by atoms with Crippen molar-refractivity contribution in [3.63, 3.8) is 0 Å². The lowest BCUT2D eigenvalue weighted by Crippen LogP contribution is -2.48. The minimum Gasteiger partial charge on any atom is -0.338 e. The normalized spacial score (nSPS) is 15.1. The Kier molecular flexibility index (Phi) is 5.18. The second-order valence-corrected chi connectivity index (χ2v) is 6.89. The third-order valence-electron chi connectivity index (χ3n) is 4.61. The molecule has 1 aliphatic rings. The Hall–Kier alpha value is -2.70. The van der Waals surface area contributed by atoms with Crippen LogP contribution in [0.5, 0.6) is 0 Å². The summed E-state index contributed by atoms with van der Waals surface area (Å²) in [5.74, 6) is 1.21. The van der Waals surface area contributed by atoms with Crippen LogP contribution in [-0.4, -0.2) is 52.0 Å². The first-order chi connectivity index (χ1) is 13.2. The molecule has 1 saturated heterocycles. The lowest BCUT2D eigenvalue weighted by Gasteiger charge is -2.34. The predicted molar refractivity (Wildman–Crippen MR) is 102 cm³/mol. The summed E-state index contributed by atoms with van der Waals surface area (Å²) in [6, 6.07) is 16.7. The van der Waals surface area contributed by atoms with Crippen molar-refractivity contribution in [2.45, 2.75) is 6.54 Å². The van der Waals surface area contributed by atoms with Crippen LogP contribution in [0.4, 0.5) is 0 Å². The SMILES string of the molecule is O=C(c1ccccc1)N1CCN(Cc2nc(-c3ccc(Cl)cc3)no2)CC1. The topological polar surface area (TPSA) is 62.5 Å². The molecule has 0 spiro atoms. The summed E-state index contributed by atoms with van der Waals surface area (Å²) < 4.78 is 5.38. The van der Waals surface area contributed by atoms with Gasteiger partial charge in [-0.25, -0.2) is 0 Å². The van der Waals surface area contributed by atoms with Crippen LogP contribution in [-0.2, 0) is 6.54 Å². The van der Waals surface area contributed by atoms with Crippen LogP contribution in [0.3, 0.4) is 0 Å². The Balaban J connectivity index is 1.33. The van der Waals surface area contributed by atoms with Crippen LogP contribution in [0, 0.1) is 0 Å². The summed E-state index contributed by atoms with van der Waals surface area (Å²) in [6.07, 6.45) is 0. The maximum atomic E-state index is 12.5. The van der Waals surface area contributed by atoms with E-state index in [0.717, 1.165) is 24.2 Å². The Bertz CT molecular complexity index is 903. The highest BCUT2D eigenvalue weighted by atomic mass is 35.5. The number of amides is 1. The van der Waals surface area contributed by atoms with Crippen LogP contribution in [0.2, 0.25) is 5.02 Å². The standard InChI is InChI=1S/C20H19ClN4O2/c21-17-8-6-15(7-9-17)19-22-18(27-23-19)14-24-10-12-25(13-11-24)20(26)16-4-2-1-3-5-16/h1-9H,10-14H2. The van der Waals surface area contributed by atoms with E-state index in [2.05, 4.69) is 15.0 Å². The van der Waals surface area contributed by atoms with Gasteiger partial charge in [-0.15, -0.1) is 0 Å². The van der Waals surface area contributed by atoms with Gasteiger partial charge in [-0.2, -0.15) is 4.98 Å². The summed E-state index contributed by atoms with van der Waals surface area (Å²) >= 11 is 5.91. The fraction of sp³-hybridized carbons (Fsp3) is 0.250. The van der Waals surface area contributed by atoms with Crippen LogP contribution in [0.1, 0.15) is 16.2 Å². The predicted octanol–water partition coefficient (Wildman–Crippen LogP) is 3.35. The average Bonchev–Trinajstić information content (AvgIpc) is 3.18. The van der Waals surface area contributed by atoms with Crippen LogP contribution in [0.25, 0.3) is 11.4 Å². The summed E-state index contributed by atoms with van der Waals surface area (Å²) in [6.45, 7) is 3.50. The molecule has 27 heavy (non-hydrogen) atoms. The van der Waals surface area contributed by atoms with Gasteiger partial charge in [0, 0.05) is 42.3 Å². The minimum atomic E-state index is 0.0815. The summed E-state index contributed by atoms with van der Waals surface area (Å²) in [5.41, 5.74) is 1.60. The van der Waals surface area contributed by atoms with Crippen LogP contribution >= 0.6 is 11.6 Å². The lowest BCUT2D eigenvalue weighted by molar-refractivity contribution is 0.0615. The molecular weight excluding hydrogens is 364 g/mol. The molecule has 0 aliphatic carbocycles. The number of nitrogens with zero attached hydrogens (tertiary/aromatic N) is 4. The van der Waals surface area contributed by atoms with E-state index in [-0.39, 0.29) is 5.91 Å². The van der Waals surface area contributed by atoms with Crippen molar-refractivity contribution >= 4 is 17.5 Å². The Morgan fingerprint density at radius 3 is 2.41 bits per heavy atom. The number of carbonyl (C=O) groups is 1. The molecule has 1 aromatic heterocycles. The zero-order valence-electron chi connectivity index (χ0n) is 14.7. The molecule has 0 saturated carbocycles. The number of halogens is 1. The minimum absolute atomic E-state index is 0.0815. The average molecular weight is 383 g/mol. The Morgan fingerprint density at radius 2 is 1.70 bits per heavy atom.